The van der Waals surface area contributed by atoms with Gasteiger partial charge in [0.25, 0.3) is 11.8 Å². The van der Waals surface area contributed by atoms with Crippen LogP contribution in [0, 0.1) is 0 Å². The summed E-state index contributed by atoms with van der Waals surface area (Å²) in [6.07, 6.45) is 6.06. The number of amides is 2. The molecule has 9 heteroatoms. The molecule has 9 nitrogen and oxygen atoms in total. The van der Waals surface area contributed by atoms with Gasteiger partial charge in [-0.1, -0.05) is 54.6 Å². The van der Waals surface area contributed by atoms with Crippen LogP contribution < -0.4 is 5.48 Å². The molecule has 1 unspecified atom stereocenters. The molecule has 2 aromatic carbocycles. The van der Waals surface area contributed by atoms with Crippen LogP contribution in [0.2, 0.25) is 0 Å². The lowest BCUT2D eigenvalue weighted by Gasteiger charge is -2.21. The highest BCUT2D eigenvalue weighted by Crippen LogP contribution is 2.24. The zero-order valence-corrected chi connectivity index (χ0v) is 20.4. The van der Waals surface area contributed by atoms with Crippen LogP contribution >= 0.6 is 0 Å². The summed E-state index contributed by atoms with van der Waals surface area (Å²) in [5.41, 5.74) is 6.05. The fourth-order valence-electron chi connectivity index (χ4n) is 3.78. The Kier molecular flexibility index (Phi) is 8.62. The minimum atomic E-state index is -0.384. The number of benzene rings is 2. The van der Waals surface area contributed by atoms with Gasteiger partial charge < -0.3 is 9.72 Å². The van der Waals surface area contributed by atoms with Crippen molar-refractivity contribution in [3.05, 3.63) is 83.3 Å². The fraction of sp³-hybridized carbons (Fsp3) is 0.296. The quantitative estimate of drug-likeness (QED) is 0.348. The summed E-state index contributed by atoms with van der Waals surface area (Å²) >= 11 is 0. The van der Waals surface area contributed by atoms with Crippen molar-refractivity contribution in [2.45, 2.75) is 32.0 Å². The highest BCUT2D eigenvalue weighted by Gasteiger charge is 2.22. The van der Waals surface area contributed by atoms with Crippen LogP contribution in [0.3, 0.4) is 0 Å². The van der Waals surface area contributed by atoms with Crippen molar-refractivity contribution in [2.24, 2.45) is 0 Å². The molecular formula is C27H30N4O5. The zero-order chi connectivity index (χ0) is 25.3. The van der Waals surface area contributed by atoms with E-state index in [9.17, 15) is 9.59 Å². The van der Waals surface area contributed by atoms with Crippen LogP contribution in [0.15, 0.2) is 60.7 Å². The van der Waals surface area contributed by atoms with Crippen molar-refractivity contribution in [2.75, 3.05) is 20.8 Å². The number of nitrogens with one attached hydrogen (secondary N) is 2. The lowest BCUT2D eigenvalue weighted by molar-refractivity contribution is -0.198. The van der Waals surface area contributed by atoms with Crippen molar-refractivity contribution >= 4 is 17.9 Å². The number of hydrogen-bond acceptors (Lipinski definition) is 6. The number of H-pyrrole nitrogens is 1. The van der Waals surface area contributed by atoms with E-state index < -0.39 is 0 Å². The summed E-state index contributed by atoms with van der Waals surface area (Å²) in [7, 11) is 3.00. The average molecular weight is 491 g/mol. The van der Waals surface area contributed by atoms with E-state index in [2.05, 4.69) is 10.5 Å². The smallest absolute Gasteiger partial charge is 0.295 e. The second-order valence-corrected chi connectivity index (χ2v) is 8.39. The molecule has 0 aliphatic carbocycles. The summed E-state index contributed by atoms with van der Waals surface area (Å²) in [6.45, 7) is 0.649. The van der Waals surface area contributed by atoms with Crippen LogP contribution in [0.4, 0.5) is 0 Å². The van der Waals surface area contributed by atoms with Gasteiger partial charge in [0.1, 0.15) is 17.2 Å². The van der Waals surface area contributed by atoms with Gasteiger partial charge in [0.2, 0.25) is 0 Å². The monoisotopic (exact) mass is 490 g/mol. The third kappa shape index (κ3) is 6.66. The molecule has 1 aliphatic rings. The molecular weight excluding hydrogens is 460 g/mol. The van der Waals surface area contributed by atoms with E-state index in [4.69, 9.17) is 19.4 Å². The number of aromatic nitrogens is 2. The summed E-state index contributed by atoms with van der Waals surface area (Å²) in [5.74, 6) is -0.00477. The van der Waals surface area contributed by atoms with E-state index in [0.29, 0.717) is 30.2 Å². The van der Waals surface area contributed by atoms with Crippen molar-refractivity contribution in [3.63, 3.8) is 0 Å². The number of ether oxygens (including phenoxy) is 1. The van der Waals surface area contributed by atoms with E-state index in [1.807, 2.05) is 54.6 Å². The number of carbonyl (C=O) groups is 2. The number of hydrogen-bond donors (Lipinski definition) is 2. The number of imidazole rings is 1. The zero-order valence-electron chi connectivity index (χ0n) is 20.4. The van der Waals surface area contributed by atoms with Gasteiger partial charge in [0.05, 0.1) is 7.11 Å². The Balaban J connectivity index is 1.40. The van der Waals surface area contributed by atoms with Gasteiger partial charge in [0.15, 0.2) is 6.29 Å². The molecule has 2 amide bonds. The maximum Gasteiger partial charge on any atom is 0.295 e. The Labute approximate surface area is 210 Å². The second kappa shape index (κ2) is 12.3. The minimum Gasteiger partial charge on any atom is -0.350 e. The predicted molar refractivity (Wildman–Crippen MR) is 134 cm³/mol. The molecule has 2 heterocycles. The van der Waals surface area contributed by atoms with Gasteiger partial charge in [-0.3, -0.25) is 14.4 Å². The van der Waals surface area contributed by atoms with Crippen LogP contribution in [0.25, 0.3) is 17.3 Å². The van der Waals surface area contributed by atoms with Gasteiger partial charge in [-0.15, -0.1) is 0 Å². The van der Waals surface area contributed by atoms with Crippen molar-refractivity contribution in [3.8, 4) is 11.3 Å². The van der Waals surface area contributed by atoms with E-state index in [1.54, 1.807) is 13.1 Å². The summed E-state index contributed by atoms with van der Waals surface area (Å²) in [4.78, 5) is 43.1. The predicted octanol–water partition coefficient (Wildman–Crippen LogP) is 3.89. The molecule has 2 N–H and O–H groups in total. The van der Waals surface area contributed by atoms with E-state index >= 15 is 0 Å². The molecule has 1 saturated heterocycles. The molecule has 4 rings (SSSR count). The standard InChI is InChI=1S/C27H30N4O5/c1-31(34-2)27(33)26-25(21-8-4-3-5-9-21)28-22(29-26)18-20-13-11-19(12-14-20)15-16-23(32)30-36-24-10-6-7-17-35-24/h3-5,8-9,11-16,24H,6-7,10,17-18H2,1-2H3,(H,28,29)(H,30,32). The molecule has 36 heavy (non-hydrogen) atoms. The van der Waals surface area contributed by atoms with Crippen LogP contribution in [-0.4, -0.2) is 53.9 Å². The molecule has 188 valence electrons. The van der Waals surface area contributed by atoms with Crippen LogP contribution in [0.5, 0.6) is 0 Å². The Morgan fingerprint density at radius 3 is 2.64 bits per heavy atom. The normalized spacial score (nSPS) is 15.7. The third-order valence-electron chi connectivity index (χ3n) is 5.78. The Morgan fingerprint density at radius 2 is 1.94 bits per heavy atom. The van der Waals surface area contributed by atoms with Crippen LogP contribution in [-0.2, 0) is 25.6 Å². The van der Waals surface area contributed by atoms with Gasteiger partial charge in [0, 0.05) is 38.1 Å². The first kappa shape index (κ1) is 25.3. The number of nitrogens with zero attached hydrogens (tertiary/aromatic N) is 2. The number of carbonyl (C=O) groups excluding carboxylic acids is 2. The summed E-state index contributed by atoms with van der Waals surface area (Å²) in [5, 5.41) is 1.16. The Morgan fingerprint density at radius 1 is 1.17 bits per heavy atom. The topological polar surface area (TPSA) is 106 Å². The van der Waals surface area contributed by atoms with Crippen molar-refractivity contribution < 1.29 is 24.0 Å². The Hall–Kier alpha value is -3.79. The number of hydroxylamine groups is 3. The first-order valence-electron chi connectivity index (χ1n) is 11.8. The first-order valence-corrected chi connectivity index (χ1v) is 11.8. The number of rotatable bonds is 9. The highest BCUT2D eigenvalue weighted by atomic mass is 16.8. The molecule has 0 radical (unpaired) electrons. The van der Waals surface area contributed by atoms with Crippen LogP contribution in [0.1, 0.15) is 46.7 Å². The SMILES string of the molecule is CON(C)C(=O)c1[nH]c(Cc2ccc(C=CC(=O)NOC3CCCCO3)cc2)nc1-c1ccccc1. The van der Waals surface area contributed by atoms with Gasteiger partial charge >= 0.3 is 0 Å². The molecule has 1 fully saturated rings. The lowest BCUT2D eigenvalue weighted by atomic mass is 10.1. The molecule has 1 atom stereocenters. The number of aromatic amines is 1. The van der Waals surface area contributed by atoms with Gasteiger partial charge in [-0.05, 0) is 30.0 Å². The van der Waals surface area contributed by atoms with E-state index in [0.717, 1.165) is 41.0 Å². The van der Waals surface area contributed by atoms with Crippen molar-refractivity contribution in [1.29, 1.82) is 0 Å². The maximum atomic E-state index is 12.8. The van der Waals surface area contributed by atoms with E-state index in [-0.39, 0.29) is 18.1 Å². The first-order chi connectivity index (χ1) is 17.5. The third-order valence-corrected chi connectivity index (χ3v) is 5.78. The van der Waals surface area contributed by atoms with E-state index in [1.165, 1.54) is 13.2 Å². The maximum absolute atomic E-state index is 12.8. The molecule has 1 aromatic heterocycles. The fourth-order valence-corrected chi connectivity index (χ4v) is 3.78. The molecule has 0 bridgehead atoms. The second-order valence-electron chi connectivity index (χ2n) is 8.39. The average Bonchev–Trinajstić information content (AvgIpc) is 3.35. The largest absolute Gasteiger partial charge is 0.350 e. The molecule has 1 aliphatic heterocycles. The lowest BCUT2D eigenvalue weighted by Crippen LogP contribution is -2.32. The molecule has 3 aromatic rings. The Bertz CT molecular complexity index is 1180. The molecule has 0 spiro atoms. The van der Waals surface area contributed by atoms with Crippen molar-refractivity contribution in [1.82, 2.24) is 20.5 Å². The summed E-state index contributed by atoms with van der Waals surface area (Å²) < 4.78 is 5.42. The highest BCUT2D eigenvalue weighted by molar-refractivity contribution is 5.97. The molecule has 0 saturated carbocycles. The van der Waals surface area contributed by atoms with Gasteiger partial charge in [-0.2, -0.15) is 0 Å². The summed E-state index contributed by atoms with van der Waals surface area (Å²) in [6, 6.07) is 17.3. The van der Waals surface area contributed by atoms with Gasteiger partial charge in [-0.25, -0.2) is 20.4 Å². The minimum absolute atomic E-state index is 0.312.